The van der Waals surface area contributed by atoms with E-state index >= 15 is 0 Å². The van der Waals surface area contributed by atoms with Gasteiger partial charge in [0.05, 0.1) is 0 Å². The van der Waals surface area contributed by atoms with Crippen molar-refractivity contribution in [2.45, 2.75) is 32.7 Å². The van der Waals surface area contributed by atoms with Crippen LogP contribution < -0.4 is 5.32 Å². The van der Waals surface area contributed by atoms with Gasteiger partial charge < -0.3 is 9.84 Å². The van der Waals surface area contributed by atoms with Crippen LogP contribution in [0.2, 0.25) is 0 Å². The van der Waals surface area contributed by atoms with Gasteiger partial charge in [-0.05, 0) is 24.9 Å². The lowest BCUT2D eigenvalue weighted by Gasteiger charge is -2.07. The summed E-state index contributed by atoms with van der Waals surface area (Å²) in [6.07, 6.45) is 1.54. The van der Waals surface area contributed by atoms with Crippen LogP contribution in [0.3, 0.4) is 0 Å². The van der Waals surface area contributed by atoms with E-state index in [0.717, 1.165) is 25.2 Å². The molecule has 92 valence electrons. The number of nitrogens with zero attached hydrogens (tertiary/aromatic N) is 2. The van der Waals surface area contributed by atoms with Crippen LogP contribution in [-0.4, -0.2) is 22.7 Å². The van der Waals surface area contributed by atoms with Gasteiger partial charge in [0.2, 0.25) is 5.89 Å². The maximum Gasteiger partial charge on any atom is 0.228 e. The van der Waals surface area contributed by atoms with Crippen molar-refractivity contribution in [3.63, 3.8) is 0 Å². The van der Waals surface area contributed by atoms with Crippen molar-refractivity contribution < 1.29 is 4.52 Å². The van der Waals surface area contributed by atoms with Gasteiger partial charge in [-0.25, -0.2) is 0 Å². The van der Waals surface area contributed by atoms with E-state index in [2.05, 4.69) is 40.8 Å². The minimum Gasteiger partial charge on any atom is -0.339 e. The molecule has 2 heterocycles. The fraction of sp³-hybridized carbons (Fsp3) is 0.500. The zero-order valence-corrected chi connectivity index (χ0v) is 11.0. The van der Waals surface area contributed by atoms with Crippen molar-refractivity contribution in [1.29, 1.82) is 0 Å². The first kappa shape index (κ1) is 12.3. The van der Waals surface area contributed by atoms with Crippen molar-refractivity contribution in [2.75, 3.05) is 6.54 Å². The van der Waals surface area contributed by atoms with Crippen molar-refractivity contribution in [3.8, 4) is 0 Å². The highest BCUT2D eigenvalue weighted by atomic mass is 32.1. The molecule has 0 saturated carbocycles. The second-order valence-electron chi connectivity index (χ2n) is 4.02. The molecule has 5 heteroatoms. The molecule has 0 aliphatic rings. The number of hydrogen-bond acceptors (Lipinski definition) is 5. The molecule has 17 heavy (non-hydrogen) atoms. The minimum absolute atomic E-state index is 0.370. The minimum atomic E-state index is 0.370. The molecule has 0 aromatic carbocycles. The Kier molecular flexibility index (Phi) is 4.28. The van der Waals surface area contributed by atoms with Gasteiger partial charge in [0, 0.05) is 23.8 Å². The molecule has 0 bridgehead atoms. The average Bonchev–Trinajstić information content (AvgIpc) is 2.91. The van der Waals surface area contributed by atoms with Crippen LogP contribution in [-0.2, 0) is 12.8 Å². The van der Waals surface area contributed by atoms with E-state index in [9.17, 15) is 0 Å². The summed E-state index contributed by atoms with van der Waals surface area (Å²) in [6.45, 7) is 5.16. The largest absolute Gasteiger partial charge is 0.339 e. The number of hydrogen-bond donors (Lipinski definition) is 1. The molecule has 4 nitrogen and oxygen atoms in total. The van der Waals surface area contributed by atoms with Gasteiger partial charge in [-0.15, -0.1) is 11.3 Å². The SMILES string of the molecule is CCNC(C)Cc1nc(Cc2cccs2)no1. The smallest absolute Gasteiger partial charge is 0.228 e. The average molecular weight is 251 g/mol. The number of nitrogens with one attached hydrogen (secondary N) is 1. The van der Waals surface area contributed by atoms with Gasteiger partial charge in [0.1, 0.15) is 0 Å². The van der Waals surface area contributed by atoms with E-state index in [4.69, 9.17) is 4.52 Å². The predicted molar refractivity (Wildman–Crippen MR) is 68.3 cm³/mol. The summed E-state index contributed by atoms with van der Waals surface area (Å²) in [5.41, 5.74) is 0. The summed E-state index contributed by atoms with van der Waals surface area (Å²) in [5, 5.41) is 9.38. The summed E-state index contributed by atoms with van der Waals surface area (Å²) in [5.74, 6) is 1.48. The fourth-order valence-electron chi connectivity index (χ4n) is 1.70. The highest BCUT2D eigenvalue weighted by Crippen LogP contribution is 2.13. The monoisotopic (exact) mass is 251 g/mol. The van der Waals surface area contributed by atoms with E-state index in [-0.39, 0.29) is 0 Å². The number of thiophene rings is 1. The molecule has 0 amide bonds. The maximum absolute atomic E-state index is 5.23. The Morgan fingerprint density at radius 1 is 1.53 bits per heavy atom. The van der Waals surface area contributed by atoms with Gasteiger partial charge in [-0.3, -0.25) is 0 Å². The van der Waals surface area contributed by atoms with Crippen LogP contribution in [0.1, 0.15) is 30.4 Å². The molecular weight excluding hydrogens is 234 g/mol. The van der Waals surface area contributed by atoms with Gasteiger partial charge in [0.15, 0.2) is 5.82 Å². The van der Waals surface area contributed by atoms with E-state index in [0.29, 0.717) is 11.9 Å². The summed E-state index contributed by atoms with van der Waals surface area (Å²) in [4.78, 5) is 5.66. The van der Waals surface area contributed by atoms with Crippen molar-refractivity contribution in [1.82, 2.24) is 15.5 Å². The first-order valence-electron chi connectivity index (χ1n) is 5.85. The van der Waals surface area contributed by atoms with Gasteiger partial charge >= 0.3 is 0 Å². The molecule has 2 aromatic rings. The highest BCUT2D eigenvalue weighted by molar-refractivity contribution is 7.09. The van der Waals surface area contributed by atoms with Crippen molar-refractivity contribution >= 4 is 11.3 Å². The Labute approximate surface area is 105 Å². The molecule has 1 atom stereocenters. The molecule has 1 unspecified atom stereocenters. The van der Waals surface area contributed by atoms with Crippen LogP contribution in [0, 0.1) is 0 Å². The van der Waals surface area contributed by atoms with Gasteiger partial charge in [-0.2, -0.15) is 4.98 Å². The standard InChI is InChI=1S/C12H17N3OS/c1-3-13-9(2)7-12-14-11(15-16-12)8-10-5-4-6-17-10/h4-6,9,13H,3,7-8H2,1-2H3. The van der Waals surface area contributed by atoms with Gasteiger partial charge in [0.25, 0.3) is 0 Å². The quantitative estimate of drug-likeness (QED) is 0.855. The molecule has 0 fully saturated rings. The summed E-state index contributed by atoms with van der Waals surface area (Å²) in [6, 6.07) is 4.49. The Morgan fingerprint density at radius 3 is 3.12 bits per heavy atom. The van der Waals surface area contributed by atoms with Crippen LogP contribution in [0.15, 0.2) is 22.0 Å². The molecule has 0 aliphatic heterocycles. The van der Waals surface area contributed by atoms with E-state index in [1.807, 2.05) is 6.07 Å². The molecule has 0 spiro atoms. The van der Waals surface area contributed by atoms with Crippen LogP contribution >= 0.6 is 11.3 Å². The van der Waals surface area contributed by atoms with Crippen LogP contribution in [0.5, 0.6) is 0 Å². The summed E-state index contributed by atoms with van der Waals surface area (Å²) >= 11 is 1.72. The third-order valence-electron chi connectivity index (χ3n) is 2.46. The molecule has 2 aromatic heterocycles. The molecule has 0 radical (unpaired) electrons. The fourth-order valence-corrected chi connectivity index (χ4v) is 2.40. The Balaban J connectivity index is 1.91. The maximum atomic E-state index is 5.23. The first-order chi connectivity index (χ1) is 8.28. The van der Waals surface area contributed by atoms with E-state index < -0.39 is 0 Å². The lowest BCUT2D eigenvalue weighted by molar-refractivity contribution is 0.359. The lowest BCUT2D eigenvalue weighted by Crippen LogP contribution is -2.27. The summed E-state index contributed by atoms with van der Waals surface area (Å²) in [7, 11) is 0. The lowest BCUT2D eigenvalue weighted by atomic mass is 10.2. The second kappa shape index (κ2) is 5.93. The Morgan fingerprint density at radius 2 is 2.41 bits per heavy atom. The third kappa shape index (κ3) is 3.64. The predicted octanol–water partition coefficient (Wildman–Crippen LogP) is 2.26. The molecule has 0 aliphatic carbocycles. The zero-order chi connectivity index (χ0) is 12.1. The first-order valence-corrected chi connectivity index (χ1v) is 6.73. The second-order valence-corrected chi connectivity index (χ2v) is 5.06. The number of aromatic nitrogens is 2. The molecule has 0 saturated heterocycles. The normalized spacial score (nSPS) is 12.8. The zero-order valence-electron chi connectivity index (χ0n) is 10.1. The Bertz CT molecular complexity index is 438. The molecular formula is C12H17N3OS. The van der Waals surface area contributed by atoms with Crippen LogP contribution in [0.4, 0.5) is 0 Å². The highest BCUT2D eigenvalue weighted by Gasteiger charge is 2.10. The van der Waals surface area contributed by atoms with E-state index in [1.54, 1.807) is 11.3 Å². The Hall–Kier alpha value is -1.20. The van der Waals surface area contributed by atoms with Gasteiger partial charge in [-0.1, -0.05) is 18.1 Å². The molecule has 1 N–H and O–H groups in total. The van der Waals surface area contributed by atoms with Crippen molar-refractivity contribution in [3.05, 3.63) is 34.1 Å². The van der Waals surface area contributed by atoms with E-state index in [1.165, 1.54) is 4.88 Å². The topological polar surface area (TPSA) is 51.0 Å². The molecule has 2 rings (SSSR count). The number of rotatable bonds is 6. The van der Waals surface area contributed by atoms with Crippen molar-refractivity contribution in [2.24, 2.45) is 0 Å². The third-order valence-corrected chi connectivity index (χ3v) is 3.33. The summed E-state index contributed by atoms with van der Waals surface area (Å²) < 4.78 is 5.23. The number of likely N-dealkylation sites (N-methyl/N-ethyl adjacent to an activating group) is 1. The van der Waals surface area contributed by atoms with Crippen LogP contribution in [0.25, 0.3) is 0 Å².